The van der Waals surface area contributed by atoms with E-state index in [-0.39, 0.29) is 0 Å². The lowest BCUT2D eigenvalue weighted by Crippen LogP contribution is -2.06. The van der Waals surface area contributed by atoms with Crippen molar-refractivity contribution in [1.29, 1.82) is 0 Å². The molecule has 2 atom stereocenters. The number of aliphatic hydroxyl groups is 1. The highest BCUT2D eigenvalue weighted by Gasteiger charge is 2.15. The fourth-order valence-electron chi connectivity index (χ4n) is 1.86. The highest BCUT2D eigenvalue weighted by molar-refractivity contribution is 9.10. The number of hydrogen-bond acceptors (Lipinski definition) is 3. The van der Waals surface area contributed by atoms with Crippen LogP contribution in [0.2, 0.25) is 0 Å². The van der Waals surface area contributed by atoms with Gasteiger partial charge in [0, 0.05) is 32.9 Å². The van der Waals surface area contributed by atoms with Crippen molar-refractivity contribution in [2.75, 3.05) is 0 Å². The second-order valence-corrected chi connectivity index (χ2v) is 6.96. The summed E-state index contributed by atoms with van der Waals surface area (Å²) in [6.45, 7) is 6.34. The van der Waals surface area contributed by atoms with Gasteiger partial charge < -0.3 is 5.11 Å². The van der Waals surface area contributed by atoms with Gasteiger partial charge in [0.05, 0.1) is 11.8 Å². The lowest BCUT2D eigenvalue weighted by Gasteiger charge is -2.09. The van der Waals surface area contributed by atoms with E-state index in [9.17, 15) is 5.11 Å². The molecule has 0 aliphatic rings. The van der Waals surface area contributed by atoms with Gasteiger partial charge in [0.2, 0.25) is 0 Å². The van der Waals surface area contributed by atoms with Crippen LogP contribution < -0.4 is 0 Å². The molecule has 19 heavy (non-hydrogen) atoms. The molecule has 0 spiro atoms. The standard InChI is InChI=1S/C14H19BrN2OS/c1-4-9(2)17-6-5-11(16-17)7-13(18)14-8-12(15)10(3)19-14/h5-6,8-9,13,18H,4,7H2,1-3H3. The number of halogens is 1. The molecule has 5 heteroatoms. The van der Waals surface area contributed by atoms with Crippen molar-refractivity contribution in [2.24, 2.45) is 0 Å². The summed E-state index contributed by atoms with van der Waals surface area (Å²) in [5.41, 5.74) is 0.940. The molecule has 0 fully saturated rings. The summed E-state index contributed by atoms with van der Waals surface area (Å²) in [7, 11) is 0. The Bertz CT molecular complexity index is 530. The minimum absolute atomic E-state index is 0.406. The summed E-state index contributed by atoms with van der Waals surface area (Å²) in [6, 6.07) is 4.39. The van der Waals surface area contributed by atoms with Gasteiger partial charge in [-0.2, -0.15) is 5.10 Å². The van der Waals surface area contributed by atoms with Crippen LogP contribution in [0.15, 0.2) is 22.8 Å². The summed E-state index contributed by atoms with van der Waals surface area (Å²) < 4.78 is 3.04. The Labute approximate surface area is 126 Å². The van der Waals surface area contributed by atoms with Crippen molar-refractivity contribution in [1.82, 2.24) is 9.78 Å². The third-order valence-electron chi connectivity index (χ3n) is 3.31. The number of nitrogens with zero attached hydrogens (tertiary/aromatic N) is 2. The van der Waals surface area contributed by atoms with Crippen LogP contribution in [-0.2, 0) is 6.42 Å². The third-order valence-corrected chi connectivity index (χ3v) is 5.55. The first-order valence-electron chi connectivity index (χ1n) is 6.49. The lowest BCUT2D eigenvalue weighted by molar-refractivity contribution is 0.180. The highest BCUT2D eigenvalue weighted by Crippen LogP contribution is 2.31. The lowest BCUT2D eigenvalue weighted by atomic mass is 10.2. The Hall–Kier alpha value is -0.650. The summed E-state index contributed by atoms with van der Waals surface area (Å²) in [5.74, 6) is 0. The zero-order chi connectivity index (χ0) is 14.0. The molecule has 2 aromatic heterocycles. The topological polar surface area (TPSA) is 38.0 Å². The van der Waals surface area contributed by atoms with Gasteiger partial charge in [-0.05, 0) is 48.3 Å². The summed E-state index contributed by atoms with van der Waals surface area (Å²) in [6.07, 6.45) is 3.14. The summed E-state index contributed by atoms with van der Waals surface area (Å²) in [4.78, 5) is 2.18. The van der Waals surface area contributed by atoms with Crippen molar-refractivity contribution >= 4 is 27.3 Å². The molecule has 2 heterocycles. The van der Waals surface area contributed by atoms with Crippen LogP contribution in [0.3, 0.4) is 0 Å². The maximum atomic E-state index is 10.3. The fourth-order valence-corrected chi connectivity index (χ4v) is 3.41. The zero-order valence-electron chi connectivity index (χ0n) is 11.4. The zero-order valence-corrected chi connectivity index (χ0v) is 13.8. The predicted octanol–water partition coefficient (Wildman–Crippen LogP) is 4.26. The third kappa shape index (κ3) is 3.46. The van der Waals surface area contributed by atoms with E-state index in [2.05, 4.69) is 34.9 Å². The SMILES string of the molecule is CCC(C)n1ccc(CC(O)c2cc(Br)c(C)s2)n1. The van der Waals surface area contributed by atoms with E-state index in [1.54, 1.807) is 11.3 Å². The average molecular weight is 343 g/mol. The first kappa shape index (κ1) is 14.8. The maximum absolute atomic E-state index is 10.3. The van der Waals surface area contributed by atoms with Crippen molar-refractivity contribution in [2.45, 2.75) is 45.8 Å². The molecule has 0 radical (unpaired) electrons. The monoisotopic (exact) mass is 342 g/mol. The molecule has 0 saturated carbocycles. The predicted molar refractivity (Wildman–Crippen MR) is 82.6 cm³/mol. The van der Waals surface area contributed by atoms with E-state index in [0.717, 1.165) is 21.5 Å². The van der Waals surface area contributed by atoms with Gasteiger partial charge in [0.15, 0.2) is 0 Å². The minimum Gasteiger partial charge on any atom is -0.387 e. The van der Waals surface area contributed by atoms with Crippen LogP contribution in [0.25, 0.3) is 0 Å². The van der Waals surface area contributed by atoms with Gasteiger partial charge in [-0.3, -0.25) is 4.68 Å². The maximum Gasteiger partial charge on any atom is 0.0938 e. The first-order valence-corrected chi connectivity index (χ1v) is 8.10. The highest BCUT2D eigenvalue weighted by atomic mass is 79.9. The molecule has 2 aromatic rings. The Balaban J connectivity index is 2.06. The van der Waals surface area contributed by atoms with E-state index in [4.69, 9.17) is 0 Å². The molecule has 0 aliphatic heterocycles. The molecule has 0 saturated heterocycles. The molecule has 104 valence electrons. The van der Waals surface area contributed by atoms with Gasteiger partial charge in [-0.25, -0.2) is 0 Å². The second kappa shape index (κ2) is 6.20. The normalized spacial score (nSPS) is 14.6. The van der Waals surface area contributed by atoms with Gasteiger partial charge in [0.1, 0.15) is 0 Å². The Morgan fingerprint density at radius 3 is 2.84 bits per heavy atom. The van der Waals surface area contributed by atoms with Crippen LogP contribution in [0.1, 0.15) is 47.9 Å². The smallest absolute Gasteiger partial charge is 0.0938 e. The van der Waals surface area contributed by atoms with Crippen LogP contribution >= 0.6 is 27.3 Å². The quantitative estimate of drug-likeness (QED) is 0.881. The van der Waals surface area contributed by atoms with Crippen molar-refractivity contribution in [3.05, 3.63) is 38.3 Å². The largest absolute Gasteiger partial charge is 0.387 e. The number of rotatable bonds is 5. The van der Waals surface area contributed by atoms with E-state index < -0.39 is 6.10 Å². The molecule has 0 bridgehead atoms. The summed E-state index contributed by atoms with van der Waals surface area (Å²) >= 11 is 5.11. The van der Waals surface area contributed by atoms with Crippen molar-refractivity contribution < 1.29 is 5.11 Å². The molecular formula is C14H19BrN2OS. The van der Waals surface area contributed by atoms with Crippen molar-refractivity contribution in [3.8, 4) is 0 Å². The van der Waals surface area contributed by atoms with Gasteiger partial charge in [-0.1, -0.05) is 6.92 Å². The number of aryl methyl sites for hydroxylation is 1. The van der Waals surface area contributed by atoms with E-state index in [1.807, 2.05) is 29.9 Å². The molecule has 2 rings (SSSR count). The average Bonchev–Trinajstić information content (AvgIpc) is 2.97. The Kier molecular flexibility index (Phi) is 4.81. The first-order chi connectivity index (χ1) is 9.01. The molecule has 0 aromatic carbocycles. The van der Waals surface area contributed by atoms with Crippen LogP contribution in [0.5, 0.6) is 0 Å². The number of aliphatic hydroxyl groups excluding tert-OH is 1. The Morgan fingerprint density at radius 1 is 1.53 bits per heavy atom. The molecule has 1 N–H and O–H groups in total. The van der Waals surface area contributed by atoms with Gasteiger partial charge in [-0.15, -0.1) is 11.3 Å². The van der Waals surface area contributed by atoms with Crippen LogP contribution in [0.4, 0.5) is 0 Å². The molecule has 0 aliphatic carbocycles. The minimum atomic E-state index is -0.477. The van der Waals surface area contributed by atoms with E-state index in [0.29, 0.717) is 12.5 Å². The van der Waals surface area contributed by atoms with E-state index >= 15 is 0 Å². The molecular weight excluding hydrogens is 324 g/mol. The van der Waals surface area contributed by atoms with Crippen LogP contribution in [0, 0.1) is 6.92 Å². The van der Waals surface area contributed by atoms with Gasteiger partial charge >= 0.3 is 0 Å². The number of aromatic nitrogens is 2. The van der Waals surface area contributed by atoms with Gasteiger partial charge in [0.25, 0.3) is 0 Å². The molecule has 2 unspecified atom stereocenters. The van der Waals surface area contributed by atoms with Crippen LogP contribution in [-0.4, -0.2) is 14.9 Å². The molecule has 3 nitrogen and oxygen atoms in total. The number of thiophene rings is 1. The second-order valence-electron chi connectivity index (χ2n) is 4.82. The summed E-state index contributed by atoms with van der Waals surface area (Å²) in [5, 5.41) is 14.8. The number of hydrogen-bond donors (Lipinski definition) is 1. The fraction of sp³-hybridized carbons (Fsp3) is 0.500. The Morgan fingerprint density at radius 2 is 2.26 bits per heavy atom. The van der Waals surface area contributed by atoms with E-state index in [1.165, 1.54) is 4.88 Å². The van der Waals surface area contributed by atoms with Crippen molar-refractivity contribution in [3.63, 3.8) is 0 Å². The molecule has 0 amide bonds.